The van der Waals surface area contributed by atoms with E-state index in [0.29, 0.717) is 21.3 Å². The monoisotopic (exact) mass is 453 g/mol. The Labute approximate surface area is 188 Å². The SMILES string of the molecule is Cc1ccc(Cl)cc1Nc1nc(-c2cccc(NC(=O)c3ccc(Cl)cc3)c2)cs1. The Hall–Kier alpha value is -2.86. The summed E-state index contributed by atoms with van der Waals surface area (Å²) < 4.78 is 0. The molecule has 0 unspecified atom stereocenters. The van der Waals surface area contributed by atoms with E-state index in [1.165, 1.54) is 11.3 Å². The van der Waals surface area contributed by atoms with Gasteiger partial charge in [-0.3, -0.25) is 4.79 Å². The summed E-state index contributed by atoms with van der Waals surface area (Å²) in [4.78, 5) is 17.1. The minimum Gasteiger partial charge on any atom is -0.331 e. The molecule has 0 aliphatic carbocycles. The van der Waals surface area contributed by atoms with Gasteiger partial charge < -0.3 is 10.6 Å². The first-order valence-electron chi connectivity index (χ1n) is 9.14. The van der Waals surface area contributed by atoms with Gasteiger partial charge in [-0.15, -0.1) is 11.3 Å². The van der Waals surface area contributed by atoms with Crippen LogP contribution in [0.1, 0.15) is 15.9 Å². The van der Waals surface area contributed by atoms with Crippen molar-refractivity contribution in [3.63, 3.8) is 0 Å². The van der Waals surface area contributed by atoms with Crippen LogP contribution in [-0.2, 0) is 0 Å². The minimum atomic E-state index is -0.194. The summed E-state index contributed by atoms with van der Waals surface area (Å²) >= 11 is 13.5. The van der Waals surface area contributed by atoms with Gasteiger partial charge in [-0.1, -0.05) is 41.4 Å². The van der Waals surface area contributed by atoms with Crippen LogP contribution in [-0.4, -0.2) is 10.9 Å². The van der Waals surface area contributed by atoms with E-state index >= 15 is 0 Å². The van der Waals surface area contributed by atoms with E-state index in [2.05, 4.69) is 15.6 Å². The number of hydrogen-bond donors (Lipinski definition) is 2. The van der Waals surface area contributed by atoms with E-state index < -0.39 is 0 Å². The Morgan fingerprint density at radius 3 is 2.53 bits per heavy atom. The third kappa shape index (κ3) is 4.82. The van der Waals surface area contributed by atoms with Crippen LogP contribution < -0.4 is 10.6 Å². The molecule has 4 aromatic rings. The zero-order valence-corrected chi connectivity index (χ0v) is 18.3. The molecular weight excluding hydrogens is 437 g/mol. The molecule has 7 heteroatoms. The predicted octanol–water partition coefficient (Wildman–Crippen LogP) is 7.42. The lowest BCUT2D eigenvalue weighted by Crippen LogP contribution is -2.11. The molecule has 0 bridgehead atoms. The molecule has 1 aromatic heterocycles. The number of rotatable bonds is 5. The quantitative estimate of drug-likeness (QED) is 0.330. The summed E-state index contributed by atoms with van der Waals surface area (Å²) in [5.74, 6) is -0.194. The van der Waals surface area contributed by atoms with Crippen LogP contribution in [0.3, 0.4) is 0 Å². The maximum atomic E-state index is 12.5. The van der Waals surface area contributed by atoms with Gasteiger partial charge in [0.2, 0.25) is 0 Å². The molecule has 30 heavy (non-hydrogen) atoms. The molecule has 150 valence electrons. The Balaban J connectivity index is 1.51. The van der Waals surface area contributed by atoms with Crippen LogP contribution in [0.2, 0.25) is 10.0 Å². The van der Waals surface area contributed by atoms with Gasteiger partial charge in [0, 0.05) is 37.9 Å². The standard InChI is InChI=1S/C23H17Cl2N3OS/c1-14-5-8-18(25)12-20(14)27-23-28-21(13-30-23)16-3-2-4-19(11-16)26-22(29)15-6-9-17(24)10-7-15/h2-13H,1H3,(H,26,29)(H,27,28). The summed E-state index contributed by atoms with van der Waals surface area (Å²) in [6, 6.07) is 20.1. The van der Waals surface area contributed by atoms with Crippen molar-refractivity contribution in [3.8, 4) is 11.3 Å². The molecule has 1 amide bonds. The zero-order valence-electron chi connectivity index (χ0n) is 15.9. The highest BCUT2D eigenvalue weighted by atomic mass is 35.5. The van der Waals surface area contributed by atoms with Gasteiger partial charge in [0.15, 0.2) is 5.13 Å². The highest BCUT2D eigenvalue weighted by molar-refractivity contribution is 7.14. The maximum Gasteiger partial charge on any atom is 0.255 e. The molecule has 0 saturated heterocycles. The van der Waals surface area contributed by atoms with Crippen molar-refractivity contribution >= 4 is 57.0 Å². The normalized spacial score (nSPS) is 10.6. The Kier molecular flexibility index (Phi) is 6.04. The van der Waals surface area contributed by atoms with Crippen LogP contribution >= 0.6 is 34.5 Å². The van der Waals surface area contributed by atoms with Crippen molar-refractivity contribution < 1.29 is 4.79 Å². The lowest BCUT2D eigenvalue weighted by molar-refractivity contribution is 0.102. The number of aryl methyl sites for hydroxylation is 1. The molecule has 2 N–H and O–H groups in total. The average molecular weight is 454 g/mol. The van der Waals surface area contributed by atoms with Gasteiger partial charge in [0.05, 0.1) is 5.69 Å². The fraction of sp³-hybridized carbons (Fsp3) is 0.0435. The van der Waals surface area contributed by atoms with Crippen molar-refractivity contribution in [3.05, 3.63) is 93.3 Å². The fourth-order valence-electron chi connectivity index (χ4n) is 2.87. The van der Waals surface area contributed by atoms with Crippen LogP contribution in [0.4, 0.5) is 16.5 Å². The first-order valence-corrected chi connectivity index (χ1v) is 10.8. The van der Waals surface area contributed by atoms with Gasteiger partial charge >= 0.3 is 0 Å². The van der Waals surface area contributed by atoms with Gasteiger partial charge in [0.1, 0.15) is 0 Å². The molecule has 1 heterocycles. The Morgan fingerprint density at radius 2 is 1.73 bits per heavy atom. The van der Waals surface area contributed by atoms with Crippen molar-refractivity contribution in [2.45, 2.75) is 6.92 Å². The molecule has 0 radical (unpaired) electrons. The molecular formula is C23H17Cl2N3OS. The highest BCUT2D eigenvalue weighted by Crippen LogP contribution is 2.30. The lowest BCUT2D eigenvalue weighted by atomic mass is 10.1. The van der Waals surface area contributed by atoms with E-state index in [1.807, 2.05) is 54.8 Å². The molecule has 0 spiro atoms. The first-order chi connectivity index (χ1) is 14.5. The molecule has 0 aliphatic rings. The zero-order chi connectivity index (χ0) is 21.1. The summed E-state index contributed by atoms with van der Waals surface area (Å²) in [7, 11) is 0. The van der Waals surface area contributed by atoms with Gasteiger partial charge in [0.25, 0.3) is 5.91 Å². The molecule has 4 nitrogen and oxygen atoms in total. The smallest absolute Gasteiger partial charge is 0.255 e. The number of nitrogens with one attached hydrogen (secondary N) is 2. The second kappa shape index (κ2) is 8.88. The summed E-state index contributed by atoms with van der Waals surface area (Å²) in [6.45, 7) is 2.01. The van der Waals surface area contributed by atoms with Gasteiger partial charge in [-0.25, -0.2) is 4.98 Å². The van der Waals surface area contributed by atoms with E-state index in [9.17, 15) is 4.79 Å². The van der Waals surface area contributed by atoms with Crippen LogP contribution in [0.25, 0.3) is 11.3 Å². The number of carbonyl (C=O) groups is 1. The van der Waals surface area contributed by atoms with E-state index in [0.717, 1.165) is 27.6 Å². The number of halogens is 2. The number of aromatic nitrogens is 1. The molecule has 0 atom stereocenters. The lowest BCUT2D eigenvalue weighted by Gasteiger charge is -2.08. The van der Waals surface area contributed by atoms with E-state index in [-0.39, 0.29) is 5.91 Å². The summed E-state index contributed by atoms with van der Waals surface area (Å²) in [5.41, 5.74) is 4.98. The largest absolute Gasteiger partial charge is 0.331 e. The van der Waals surface area contributed by atoms with Crippen molar-refractivity contribution in [2.75, 3.05) is 10.6 Å². The second-order valence-electron chi connectivity index (χ2n) is 6.66. The number of carbonyl (C=O) groups excluding carboxylic acids is 1. The van der Waals surface area contributed by atoms with Gasteiger partial charge in [-0.05, 0) is 61.0 Å². The number of anilines is 3. The average Bonchev–Trinajstić information content (AvgIpc) is 3.20. The predicted molar refractivity (Wildman–Crippen MR) is 126 cm³/mol. The molecule has 0 aliphatic heterocycles. The molecule has 0 fully saturated rings. The number of amides is 1. The second-order valence-corrected chi connectivity index (χ2v) is 8.39. The Morgan fingerprint density at radius 1 is 0.967 bits per heavy atom. The van der Waals surface area contributed by atoms with Crippen molar-refractivity contribution in [1.82, 2.24) is 4.98 Å². The van der Waals surface area contributed by atoms with Gasteiger partial charge in [-0.2, -0.15) is 0 Å². The summed E-state index contributed by atoms with van der Waals surface area (Å²) in [5, 5.41) is 10.2. The number of benzene rings is 3. The van der Waals surface area contributed by atoms with E-state index in [4.69, 9.17) is 23.2 Å². The summed E-state index contributed by atoms with van der Waals surface area (Å²) in [6.07, 6.45) is 0. The van der Waals surface area contributed by atoms with Crippen LogP contribution in [0, 0.1) is 6.92 Å². The first kappa shape index (κ1) is 20.4. The van der Waals surface area contributed by atoms with Crippen LogP contribution in [0.15, 0.2) is 72.1 Å². The van der Waals surface area contributed by atoms with Crippen LogP contribution in [0.5, 0.6) is 0 Å². The topological polar surface area (TPSA) is 54.0 Å². The maximum absolute atomic E-state index is 12.5. The third-order valence-corrected chi connectivity index (χ3v) is 5.71. The Bertz CT molecular complexity index is 1210. The third-order valence-electron chi connectivity index (χ3n) is 4.47. The minimum absolute atomic E-state index is 0.194. The number of nitrogens with zero attached hydrogens (tertiary/aromatic N) is 1. The van der Waals surface area contributed by atoms with Crippen molar-refractivity contribution in [1.29, 1.82) is 0 Å². The highest BCUT2D eigenvalue weighted by Gasteiger charge is 2.10. The number of hydrogen-bond acceptors (Lipinski definition) is 4. The molecule has 3 aromatic carbocycles. The molecule has 0 saturated carbocycles. The number of thiazole rings is 1. The fourth-order valence-corrected chi connectivity index (χ4v) is 3.90. The molecule has 4 rings (SSSR count). The van der Waals surface area contributed by atoms with E-state index in [1.54, 1.807) is 24.3 Å². The van der Waals surface area contributed by atoms with Crippen molar-refractivity contribution in [2.24, 2.45) is 0 Å².